The molecule has 0 radical (unpaired) electrons. The van der Waals surface area contributed by atoms with Gasteiger partial charge in [0.1, 0.15) is 0 Å². The fourth-order valence-electron chi connectivity index (χ4n) is 3.23. The molecule has 0 amide bonds. The number of aryl methyl sites for hydroxylation is 2. The van der Waals surface area contributed by atoms with Crippen molar-refractivity contribution in [3.8, 4) is 11.3 Å². The summed E-state index contributed by atoms with van der Waals surface area (Å²) < 4.78 is 0. The number of hydrogen-bond acceptors (Lipinski definition) is 3. The standard InChI is InChI=1S/C20H20N2O2/c1-4-20(22(23)24)17-12-19(15-10-13(2)9-14(3)11-15)21-18-8-6-5-7-16(17)18/h5-12,20H,4H2,1-3H3. The highest BCUT2D eigenvalue weighted by molar-refractivity contribution is 5.85. The Bertz CT molecular complexity index is 898. The highest BCUT2D eigenvalue weighted by Crippen LogP contribution is 2.32. The Balaban J connectivity index is 2.29. The molecule has 3 aromatic rings. The zero-order chi connectivity index (χ0) is 17.3. The van der Waals surface area contributed by atoms with Crippen LogP contribution < -0.4 is 0 Å². The highest BCUT2D eigenvalue weighted by atomic mass is 16.6. The van der Waals surface area contributed by atoms with Gasteiger partial charge in [-0.1, -0.05) is 42.3 Å². The smallest absolute Gasteiger partial charge is 0.238 e. The van der Waals surface area contributed by atoms with E-state index in [1.807, 2.05) is 51.1 Å². The van der Waals surface area contributed by atoms with Gasteiger partial charge < -0.3 is 0 Å². The molecule has 4 heteroatoms. The van der Waals surface area contributed by atoms with E-state index in [0.717, 1.165) is 38.9 Å². The summed E-state index contributed by atoms with van der Waals surface area (Å²) in [6.07, 6.45) is 0.452. The third-order valence-corrected chi connectivity index (χ3v) is 4.27. The van der Waals surface area contributed by atoms with E-state index in [1.54, 1.807) is 0 Å². The van der Waals surface area contributed by atoms with E-state index in [4.69, 9.17) is 4.98 Å². The van der Waals surface area contributed by atoms with Gasteiger partial charge >= 0.3 is 0 Å². The molecule has 0 spiro atoms. The van der Waals surface area contributed by atoms with Crippen molar-refractivity contribution < 1.29 is 4.92 Å². The number of aromatic nitrogens is 1. The van der Waals surface area contributed by atoms with Crippen molar-refractivity contribution in [2.45, 2.75) is 33.2 Å². The Labute approximate surface area is 141 Å². The first-order valence-electron chi connectivity index (χ1n) is 8.11. The van der Waals surface area contributed by atoms with Crippen molar-refractivity contribution in [2.75, 3.05) is 0 Å². The first-order valence-corrected chi connectivity index (χ1v) is 8.11. The number of pyridine rings is 1. The maximum Gasteiger partial charge on any atom is 0.238 e. The molecular formula is C20H20N2O2. The number of nitro groups is 1. The summed E-state index contributed by atoms with van der Waals surface area (Å²) in [4.78, 5) is 16.1. The Morgan fingerprint density at radius 3 is 2.38 bits per heavy atom. The molecule has 0 aliphatic rings. The van der Waals surface area contributed by atoms with Gasteiger partial charge in [0.25, 0.3) is 0 Å². The van der Waals surface area contributed by atoms with Gasteiger partial charge in [-0.3, -0.25) is 10.1 Å². The largest absolute Gasteiger partial charge is 0.264 e. The van der Waals surface area contributed by atoms with Crippen LogP contribution in [0.25, 0.3) is 22.2 Å². The van der Waals surface area contributed by atoms with Gasteiger partial charge in [-0.2, -0.15) is 0 Å². The van der Waals surface area contributed by atoms with E-state index < -0.39 is 6.04 Å². The molecule has 1 atom stereocenters. The van der Waals surface area contributed by atoms with Crippen LogP contribution >= 0.6 is 0 Å². The molecule has 0 aliphatic carbocycles. The lowest BCUT2D eigenvalue weighted by atomic mass is 9.96. The van der Waals surface area contributed by atoms with E-state index in [-0.39, 0.29) is 4.92 Å². The molecule has 4 nitrogen and oxygen atoms in total. The number of benzene rings is 2. The van der Waals surface area contributed by atoms with Crippen LogP contribution in [0.15, 0.2) is 48.5 Å². The van der Waals surface area contributed by atoms with Gasteiger partial charge in [0.15, 0.2) is 0 Å². The number of nitrogens with zero attached hydrogens (tertiary/aromatic N) is 2. The second-order valence-corrected chi connectivity index (χ2v) is 6.20. The third kappa shape index (κ3) is 3.00. The SMILES string of the molecule is CCC(c1cc(-c2cc(C)cc(C)c2)nc2ccccc12)[N+](=O)[O-]. The summed E-state index contributed by atoms with van der Waals surface area (Å²) in [6.45, 7) is 5.94. The fourth-order valence-corrected chi connectivity index (χ4v) is 3.23. The summed E-state index contributed by atoms with van der Waals surface area (Å²) in [5, 5.41) is 12.4. The van der Waals surface area contributed by atoms with Crippen molar-refractivity contribution in [3.05, 3.63) is 75.3 Å². The number of para-hydroxylation sites is 1. The van der Waals surface area contributed by atoms with Gasteiger partial charge in [-0.25, -0.2) is 4.98 Å². The Morgan fingerprint density at radius 1 is 1.08 bits per heavy atom. The molecule has 3 rings (SSSR count). The van der Waals surface area contributed by atoms with Gasteiger partial charge in [-0.15, -0.1) is 0 Å². The predicted molar refractivity (Wildman–Crippen MR) is 96.7 cm³/mol. The second kappa shape index (κ2) is 6.40. The Morgan fingerprint density at radius 2 is 1.75 bits per heavy atom. The molecule has 0 saturated heterocycles. The van der Waals surface area contributed by atoms with Crippen molar-refractivity contribution in [3.63, 3.8) is 0 Å². The minimum Gasteiger partial charge on any atom is -0.264 e. The quantitative estimate of drug-likeness (QED) is 0.487. The minimum absolute atomic E-state index is 0.201. The van der Waals surface area contributed by atoms with Crippen LogP contribution in [-0.2, 0) is 0 Å². The second-order valence-electron chi connectivity index (χ2n) is 6.20. The van der Waals surface area contributed by atoms with Gasteiger partial charge in [-0.05, 0) is 38.1 Å². The minimum atomic E-state index is -0.720. The molecule has 1 heterocycles. The summed E-state index contributed by atoms with van der Waals surface area (Å²) in [6, 6.07) is 15.1. The van der Waals surface area contributed by atoms with Crippen LogP contribution in [0.1, 0.15) is 36.1 Å². The topological polar surface area (TPSA) is 56.0 Å². The van der Waals surface area contributed by atoms with E-state index in [2.05, 4.69) is 18.2 Å². The fraction of sp³-hybridized carbons (Fsp3) is 0.250. The van der Waals surface area contributed by atoms with Crippen molar-refractivity contribution in [2.24, 2.45) is 0 Å². The van der Waals surface area contributed by atoms with E-state index in [9.17, 15) is 10.1 Å². The summed E-state index contributed by atoms with van der Waals surface area (Å²) in [5.41, 5.74) is 5.63. The lowest BCUT2D eigenvalue weighted by Gasteiger charge is -2.13. The van der Waals surface area contributed by atoms with Crippen LogP contribution in [0.5, 0.6) is 0 Å². The average Bonchev–Trinajstić information content (AvgIpc) is 2.54. The van der Waals surface area contributed by atoms with E-state index in [1.165, 1.54) is 0 Å². The Kier molecular flexibility index (Phi) is 4.30. The van der Waals surface area contributed by atoms with Crippen molar-refractivity contribution >= 4 is 10.9 Å². The first-order chi connectivity index (χ1) is 11.5. The van der Waals surface area contributed by atoms with E-state index >= 15 is 0 Å². The zero-order valence-electron chi connectivity index (χ0n) is 14.1. The van der Waals surface area contributed by atoms with E-state index in [0.29, 0.717) is 6.42 Å². The highest BCUT2D eigenvalue weighted by Gasteiger charge is 2.24. The molecule has 2 aromatic carbocycles. The van der Waals surface area contributed by atoms with Crippen LogP contribution in [0.2, 0.25) is 0 Å². The van der Waals surface area contributed by atoms with Gasteiger partial charge in [0.2, 0.25) is 6.04 Å². The number of fused-ring (bicyclic) bond motifs is 1. The van der Waals surface area contributed by atoms with Gasteiger partial charge in [0, 0.05) is 27.9 Å². The summed E-state index contributed by atoms with van der Waals surface area (Å²) >= 11 is 0. The van der Waals surface area contributed by atoms with Crippen LogP contribution in [0, 0.1) is 24.0 Å². The Hall–Kier alpha value is -2.75. The maximum atomic E-state index is 11.5. The predicted octanol–water partition coefficient (Wildman–Crippen LogP) is 5.25. The molecule has 1 aromatic heterocycles. The molecule has 1 unspecified atom stereocenters. The molecule has 24 heavy (non-hydrogen) atoms. The summed E-state index contributed by atoms with van der Waals surface area (Å²) in [7, 11) is 0. The van der Waals surface area contributed by atoms with Crippen LogP contribution in [0.4, 0.5) is 0 Å². The van der Waals surface area contributed by atoms with Crippen molar-refractivity contribution in [1.29, 1.82) is 0 Å². The molecule has 0 N–H and O–H groups in total. The lowest BCUT2D eigenvalue weighted by Crippen LogP contribution is -2.10. The maximum absolute atomic E-state index is 11.5. The van der Waals surface area contributed by atoms with Gasteiger partial charge in [0.05, 0.1) is 11.2 Å². The van der Waals surface area contributed by atoms with Crippen molar-refractivity contribution in [1.82, 2.24) is 4.98 Å². The average molecular weight is 320 g/mol. The molecule has 0 aliphatic heterocycles. The lowest BCUT2D eigenvalue weighted by molar-refractivity contribution is -0.529. The molecule has 0 fully saturated rings. The molecular weight excluding hydrogens is 300 g/mol. The number of rotatable bonds is 4. The monoisotopic (exact) mass is 320 g/mol. The van der Waals surface area contributed by atoms with Crippen LogP contribution in [0.3, 0.4) is 0 Å². The normalized spacial score (nSPS) is 12.3. The zero-order valence-corrected chi connectivity index (χ0v) is 14.1. The third-order valence-electron chi connectivity index (χ3n) is 4.27. The first kappa shape index (κ1) is 16.1. The number of hydrogen-bond donors (Lipinski definition) is 0. The van der Waals surface area contributed by atoms with Crippen LogP contribution in [-0.4, -0.2) is 9.91 Å². The molecule has 0 saturated carbocycles. The molecule has 0 bridgehead atoms. The molecule has 122 valence electrons. The summed E-state index contributed by atoms with van der Waals surface area (Å²) in [5.74, 6) is 0.